The molecule has 3 N–H and O–H groups in total. The third-order valence-electron chi connectivity index (χ3n) is 4.32. The average molecular weight is 240 g/mol. The molecule has 2 saturated heterocycles. The molecule has 5 nitrogen and oxygen atoms in total. The highest BCUT2D eigenvalue weighted by Crippen LogP contribution is 2.38. The van der Waals surface area contributed by atoms with Gasteiger partial charge in [0.05, 0.1) is 30.8 Å². The fourth-order valence-electron chi connectivity index (χ4n) is 3.21. The Morgan fingerprint density at radius 3 is 2.94 bits per heavy atom. The van der Waals surface area contributed by atoms with Crippen molar-refractivity contribution in [1.82, 2.24) is 5.32 Å². The molecule has 96 valence electrons. The minimum Gasteiger partial charge on any atom is -0.378 e. The van der Waals surface area contributed by atoms with Crippen LogP contribution < -0.4 is 11.1 Å². The molecule has 0 bridgehead atoms. The van der Waals surface area contributed by atoms with Gasteiger partial charge in [0.2, 0.25) is 5.91 Å². The fourth-order valence-corrected chi connectivity index (χ4v) is 3.21. The summed E-state index contributed by atoms with van der Waals surface area (Å²) in [7, 11) is 0. The van der Waals surface area contributed by atoms with E-state index < -0.39 is 0 Å². The third-order valence-corrected chi connectivity index (χ3v) is 4.32. The molecule has 2 aliphatic heterocycles. The molecule has 3 rings (SSSR count). The summed E-state index contributed by atoms with van der Waals surface area (Å²) in [5.41, 5.74) is 6.06. The molecule has 3 aliphatic rings. The second-order valence-corrected chi connectivity index (χ2v) is 5.48. The summed E-state index contributed by atoms with van der Waals surface area (Å²) < 4.78 is 11.0. The van der Waals surface area contributed by atoms with Crippen molar-refractivity contribution < 1.29 is 14.3 Å². The first kappa shape index (κ1) is 11.4. The van der Waals surface area contributed by atoms with E-state index in [0.717, 1.165) is 19.4 Å². The highest BCUT2D eigenvalue weighted by atomic mass is 16.5. The Labute approximate surface area is 101 Å². The van der Waals surface area contributed by atoms with Crippen molar-refractivity contribution >= 4 is 5.91 Å². The maximum atomic E-state index is 12.0. The zero-order valence-corrected chi connectivity index (χ0v) is 10.1. The highest BCUT2D eigenvalue weighted by molar-refractivity contribution is 5.79. The maximum Gasteiger partial charge on any atom is 0.225 e. The van der Waals surface area contributed by atoms with Crippen LogP contribution in [-0.2, 0) is 14.3 Å². The summed E-state index contributed by atoms with van der Waals surface area (Å²) in [6.45, 7) is 3.31. The predicted octanol–water partition coefficient (Wildman–Crippen LogP) is -0.358. The lowest BCUT2D eigenvalue weighted by atomic mass is 9.72. The van der Waals surface area contributed by atoms with Crippen LogP contribution in [0.2, 0.25) is 0 Å². The van der Waals surface area contributed by atoms with Crippen molar-refractivity contribution in [2.24, 2.45) is 17.6 Å². The number of rotatable bonds is 2. The molecule has 1 saturated carbocycles. The Bertz CT molecular complexity index is 323. The van der Waals surface area contributed by atoms with Gasteiger partial charge in [0.15, 0.2) is 0 Å². The molecular weight excluding hydrogens is 220 g/mol. The second-order valence-electron chi connectivity index (χ2n) is 5.48. The quantitative estimate of drug-likeness (QED) is 0.691. The first-order valence-electron chi connectivity index (χ1n) is 6.46. The second kappa shape index (κ2) is 4.23. The SMILES string of the molecule is CC1CC(C(=O)NC2C(N)C3CCOC32)CO1. The van der Waals surface area contributed by atoms with E-state index >= 15 is 0 Å². The minimum atomic E-state index is -0.0161. The molecule has 2 heterocycles. The zero-order chi connectivity index (χ0) is 12.0. The normalized spacial score (nSPS) is 48.6. The minimum absolute atomic E-state index is 0.00547. The van der Waals surface area contributed by atoms with Crippen LogP contribution in [0.25, 0.3) is 0 Å². The Morgan fingerprint density at radius 2 is 2.24 bits per heavy atom. The van der Waals surface area contributed by atoms with E-state index in [9.17, 15) is 4.79 Å². The number of fused-ring (bicyclic) bond motifs is 1. The van der Waals surface area contributed by atoms with E-state index in [2.05, 4.69) is 5.32 Å². The first-order valence-corrected chi connectivity index (χ1v) is 6.46. The average Bonchev–Trinajstić information content (AvgIpc) is 2.92. The van der Waals surface area contributed by atoms with Crippen LogP contribution in [0.1, 0.15) is 19.8 Å². The van der Waals surface area contributed by atoms with E-state index in [1.54, 1.807) is 0 Å². The van der Waals surface area contributed by atoms with Gasteiger partial charge in [0.1, 0.15) is 0 Å². The Balaban J connectivity index is 1.55. The van der Waals surface area contributed by atoms with Crippen LogP contribution in [0.5, 0.6) is 0 Å². The van der Waals surface area contributed by atoms with Gasteiger partial charge in [-0.15, -0.1) is 0 Å². The third kappa shape index (κ3) is 1.86. The summed E-state index contributed by atoms with van der Waals surface area (Å²) in [6.07, 6.45) is 2.18. The van der Waals surface area contributed by atoms with Crippen LogP contribution in [0.15, 0.2) is 0 Å². The predicted molar refractivity (Wildman–Crippen MR) is 61.3 cm³/mol. The molecule has 1 amide bonds. The van der Waals surface area contributed by atoms with Gasteiger partial charge in [-0.05, 0) is 19.8 Å². The lowest BCUT2D eigenvalue weighted by Crippen LogP contribution is -2.69. The van der Waals surface area contributed by atoms with E-state index in [4.69, 9.17) is 15.2 Å². The summed E-state index contributed by atoms with van der Waals surface area (Å²) in [5, 5.41) is 3.03. The molecule has 0 radical (unpaired) electrons. The summed E-state index contributed by atoms with van der Waals surface area (Å²) in [4.78, 5) is 12.0. The number of amides is 1. The number of nitrogens with two attached hydrogens (primary N) is 1. The van der Waals surface area contributed by atoms with Gasteiger partial charge in [-0.2, -0.15) is 0 Å². The van der Waals surface area contributed by atoms with Gasteiger partial charge in [-0.1, -0.05) is 0 Å². The highest BCUT2D eigenvalue weighted by Gasteiger charge is 2.53. The van der Waals surface area contributed by atoms with Crippen molar-refractivity contribution in [3.8, 4) is 0 Å². The number of ether oxygens (including phenoxy) is 2. The van der Waals surface area contributed by atoms with Crippen molar-refractivity contribution in [1.29, 1.82) is 0 Å². The molecule has 17 heavy (non-hydrogen) atoms. The van der Waals surface area contributed by atoms with Crippen LogP contribution in [0.4, 0.5) is 0 Å². The van der Waals surface area contributed by atoms with E-state index in [1.807, 2.05) is 6.92 Å². The monoisotopic (exact) mass is 240 g/mol. The van der Waals surface area contributed by atoms with Crippen LogP contribution >= 0.6 is 0 Å². The molecule has 3 fully saturated rings. The van der Waals surface area contributed by atoms with Crippen LogP contribution in [-0.4, -0.2) is 43.4 Å². The smallest absolute Gasteiger partial charge is 0.225 e. The number of carbonyl (C=O) groups excluding carboxylic acids is 1. The van der Waals surface area contributed by atoms with Crippen LogP contribution in [0.3, 0.4) is 0 Å². The van der Waals surface area contributed by atoms with E-state index in [1.165, 1.54) is 0 Å². The van der Waals surface area contributed by atoms with Gasteiger partial charge < -0.3 is 20.5 Å². The Morgan fingerprint density at radius 1 is 1.41 bits per heavy atom. The summed E-state index contributed by atoms with van der Waals surface area (Å²) in [6, 6.07) is 0.0668. The van der Waals surface area contributed by atoms with Gasteiger partial charge in [0.25, 0.3) is 0 Å². The topological polar surface area (TPSA) is 73.6 Å². The molecular formula is C12H20N2O3. The maximum absolute atomic E-state index is 12.0. The van der Waals surface area contributed by atoms with Crippen LogP contribution in [0, 0.1) is 11.8 Å². The lowest BCUT2D eigenvalue weighted by molar-refractivity contribution is -0.129. The molecule has 6 unspecified atom stereocenters. The van der Waals surface area contributed by atoms with Crippen molar-refractivity contribution in [2.45, 2.75) is 44.1 Å². The first-order chi connectivity index (χ1) is 8.16. The zero-order valence-electron chi connectivity index (χ0n) is 10.1. The van der Waals surface area contributed by atoms with E-state index in [-0.39, 0.29) is 36.1 Å². The summed E-state index contributed by atoms with van der Waals surface area (Å²) in [5.74, 6) is 0.500. The summed E-state index contributed by atoms with van der Waals surface area (Å²) >= 11 is 0. The standard InChI is InChI=1S/C12H20N2O3/c1-6-4-7(5-17-6)12(15)14-10-9(13)8-2-3-16-11(8)10/h6-11H,2-5,13H2,1H3,(H,14,15). The van der Waals surface area contributed by atoms with Crippen molar-refractivity contribution in [2.75, 3.05) is 13.2 Å². The molecule has 0 aromatic rings. The van der Waals surface area contributed by atoms with Gasteiger partial charge >= 0.3 is 0 Å². The Kier molecular flexibility index (Phi) is 2.84. The Hall–Kier alpha value is -0.650. The number of hydrogen-bond acceptors (Lipinski definition) is 4. The molecule has 0 spiro atoms. The lowest BCUT2D eigenvalue weighted by Gasteiger charge is -2.45. The van der Waals surface area contributed by atoms with Gasteiger partial charge in [-0.3, -0.25) is 4.79 Å². The van der Waals surface area contributed by atoms with E-state index in [0.29, 0.717) is 12.5 Å². The fraction of sp³-hybridized carbons (Fsp3) is 0.917. The van der Waals surface area contributed by atoms with Crippen molar-refractivity contribution in [3.63, 3.8) is 0 Å². The molecule has 0 aromatic carbocycles. The van der Waals surface area contributed by atoms with Gasteiger partial charge in [-0.25, -0.2) is 0 Å². The number of hydrogen-bond donors (Lipinski definition) is 2. The largest absolute Gasteiger partial charge is 0.378 e. The molecule has 6 atom stereocenters. The van der Waals surface area contributed by atoms with Gasteiger partial charge in [0, 0.05) is 18.6 Å². The number of nitrogens with one attached hydrogen (secondary N) is 1. The molecule has 0 aromatic heterocycles. The van der Waals surface area contributed by atoms with Crippen molar-refractivity contribution in [3.05, 3.63) is 0 Å². The molecule has 5 heteroatoms. The molecule has 1 aliphatic carbocycles. The number of carbonyl (C=O) groups is 1.